The van der Waals surface area contributed by atoms with Crippen molar-refractivity contribution in [3.63, 3.8) is 0 Å². The molecule has 1 amide bonds. The molecule has 24 heavy (non-hydrogen) atoms. The minimum absolute atomic E-state index is 0.153. The predicted molar refractivity (Wildman–Crippen MR) is 87.4 cm³/mol. The molecule has 0 saturated carbocycles. The van der Waals surface area contributed by atoms with Crippen molar-refractivity contribution >= 4 is 5.91 Å². The molecule has 6 heteroatoms. The first-order valence-electron chi connectivity index (χ1n) is 7.86. The molecule has 0 spiro atoms. The first-order chi connectivity index (χ1) is 11.6. The molecule has 3 rings (SSSR count). The average Bonchev–Trinajstić information content (AvgIpc) is 3.11. The van der Waals surface area contributed by atoms with Crippen molar-refractivity contribution in [3.05, 3.63) is 70.8 Å². The van der Waals surface area contributed by atoms with Crippen LogP contribution in [0, 0.1) is 11.6 Å². The number of amides is 1. The highest BCUT2D eigenvalue weighted by Crippen LogP contribution is 2.24. The van der Waals surface area contributed by atoms with Gasteiger partial charge in [0.25, 0.3) is 5.91 Å². The molecule has 1 atom stereocenters. The Kier molecular flexibility index (Phi) is 4.87. The number of halogens is 2. The van der Waals surface area contributed by atoms with Crippen LogP contribution in [0.15, 0.2) is 42.5 Å². The molecule has 3 N–H and O–H groups in total. The van der Waals surface area contributed by atoms with E-state index in [1.807, 2.05) is 30.3 Å². The third-order valence-electron chi connectivity index (χ3n) is 4.24. The van der Waals surface area contributed by atoms with Gasteiger partial charge in [-0.3, -0.25) is 15.6 Å². The zero-order valence-corrected chi connectivity index (χ0v) is 13.3. The van der Waals surface area contributed by atoms with E-state index >= 15 is 0 Å². The Labute approximate surface area is 139 Å². The lowest BCUT2D eigenvalue weighted by Gasteiger charge is -2.16. The molecule has 0 bridgehead atoms. The van der Waals surface area contributed by atoms with Crippen molar-refractivity contribution in [2.24, 2.45) is 0 Å². The van der Waals surface area contributed by atoms with E-state index in [4.69, 9.17) is 0 Å². The monoisotopic (exact) mass is 331 g/mol. The highest BCUT2D eigenvalue weighted by Gasteiger charge is 2.24. The number of carbonyl (C=O) groups is 1. The van der Waals surface area contributed by atoms with Crippen molar-refractivity contribution in [1.82, 2.24) is 16.2 Å². The van der Waals surface area contributed by atoms with Crippen LogP contribution in [0.3, 0.4) is 0 Å². The van der Waals surface area contributed by atoms with Gasteiger partial charge in [-0.05, 0) is 30.2 Å². The summed E-state index contributed by atoms with van der Waals surface area (Å²) < 4.78 is 28.6. The van der Waals surface area contributed by atoms with E-state index < -0.39 is 17.5 Å². The molecule has 126 valence electrons. The first-order valence-corrected chi connectivity index (χ1v) is 7.86. The van der Waals surface area contributed by atoms with Crippen LogP contribution in [0.5, 0.6) is 0 Å². The van der Waals surface area contributed by atoms with Crippen LogP contribution < -0.4 is 16.2 Å². The third-order valence-corrected chi connectivity index (χ3v) is 4.24. The van der Waals surface area contributed by atoms with E-state index in [-0.39, 0.29) is 23.1 Å². The van der Waals surface area contributed by atoms with Crippen molar-refractivity contribution in [2.45, 2.75) is 18.9 Å². The molecule has 0 aliphatic carbocycles. The van der Waals surface area contributed by atoms with Crippen molar-refractivity contribution in [2.75, 3.05) is 13.1 Å². The number of rotatable bonds is 4. The summed E-state index contributed by atoms with van der Waals surface area (Å²) in [5.41, 5.74) is 6.65. The minimum Gasteiger partial charge on any atom is -0.345 e. The van der Waals surface area contributed by atoms with Gasteiger partial charge in [0.2, 0.25) is 0 Å². The number of hydrogen-bond donors (Lipinski definition) is 3. The quantitative estimate of drug-likeness (QED) is 0.807. The molecule has 0 radical (unpaired) electrons. The summed E-state index contributed by atoms with van der Waals surface area (Å²) in [4.78, 5) is 12.3. The Morgan fingerprint density at radius 1 is 1.12 bits per heavy atom. The average molecular weight is 331 g/mol. The van der Waals surface area contributed by atoms with Crippen molar-refractivity contribution in [3.8, 4) is 0 Å². The van der Waals surface area contributed by atoms with Crippen LogP contribution in [0.1, 0.15) is 40.4 Å². The molecule has 1 saturated heterocycles. The highest BCUT2D eigenvalue weighted by molar-refractivity contribution is 5.94. The number of carbonyl (C=O) groups excluding carboxylic acids is 1. The zero-order valence-electron chi connectivity index (χ0n) is 13.3. The molecule has 1 aliphatic rings. The molecule has 2 aromatic rings. The van der Waals surface area contributed by atoms with Crippen molar-refractivity contribution < 1.29 is 13.6 Å². The van der Waals surface area contributed by atoms with Gasteiger partial charge in [-0.2, -0.15) is 0 Å². The van der Waals surface area contributed by atoms with Crippen molar-refractivity contribution in [1.29, 1.82) is 0 Å². The highest BCUT2D eigenvalue weighted by atomic mass is 19.1. The Balaban J connectivity index is 1.78. The van der Waals surface area contributed by atoms with Gasteiger partial charge in [0.1, 0.15) is 11.6 Å². The predicted octanol–water partition coefficient (Wildman–Crippen LogP) is 2.65. The minimum atomic E-state index is -0.712. The van der Waals surface area contributed by atoms with Crippen LogP contribution in [0.2, 0.25) is 0 Å². The standard InChI is InChI=1S/C18H19F2N3O/c1-11(12-5-3-2-4-6-12)23-18(24)15-8-16(19)14(7-17(15)20)13-9-21-22-10-13/h2-8,11,13,21-22H,9-10H2,1H3,(H,23,24)/t11-/m1/s1. The zero-order chi connectivity index (χ0) is 17.1. The molecule has 1 fully saturated rings. The summed E-state index contributed by atoms with van der Waals surface area (Å²) in [5, 5.41) is 2.70. The van der Waals surface area contributed by atoms with Crippen LogP contribution in [-0.4, -0.2) is 19.0 Å². The van der Waals surface area contributed by atoms with Gasteiger partial charge in [-0.25, -0.2) is 8.78 Å². The second kappa shape index (κ2) is 7.07. The first kappa shape index (κ1) is 16.5. The maximum Gasteiger partial charge on any atom is 0.254 e. The number of nitrogens with one attached hydrogen (secondary N) is 3. The second-order valence-corrected chi connectivity index (χ2v) is 5.92. The summed E-state index contributed by atoms with van der Waals surface area (Å²) in [7, 11) is 0. The molecule has 2 aromatic carbocycles. The lowest BCUT2D eigenvalue weighted by molar-refractivity contribution is 0.0935. The molecule has 4 nitrogen and oxygen atoms in total. The molecule has 0 aromatic heterocycles. The van der Waals surface area contributed by atoms with Crippen LogP contribution >= 0.6 is 0 Å². The van der Waals surface area contributed by atoms with Gasteiger partial charge in [0.05, 0.1) is 11.6 Å². The SMILES string of the molecule is C[C@@H](NC(=O)c1cc(F)c(C2CNNC2)cc1F)c1ccccc1. The van der Waals surface area contributed by atoms with Crippen LogP contribution in [-0.2, 0) is 0 Å². The fourth-order valence-electron chi connectivity index (χ4n) is 2.83. The lowest BCUT2D eigenvalue weighted by Crippen LogP contribution is -2.27. The van der Waals surface area contributed by atoms with E-state index in [0.717, 1.165) is 17.7 Å². The van der Waals surface area contributed by atoms with Gasteiger partial charge in [0.15, 0.2) is 0 Å². The number of hydrogen-bond acceptors (Lipinski definition) is 3. The topological polar surface area (TPSA) is 53.2 Å². The molecular formula is C18H19F2N3O. The summed E-state index contributed by atoms with van der Waals surface area (Å²) in [6.45, 7) is 2.84. The molecule has 1 heterocycles. The lowest BCUT2D eigenvalue weighted by atomic mass is 9.97. The summed E-state index contributed by atoms with van der Waals surface area (Å²) in [6, 6.07) is 11.1. The van der Waals surface area contributed by atoms with E-state index in [1.165, 1.54) is 0 Å². The van der Waals surface area contributed by atoms with Crippen LogP contribution in [0.25, 0.3) is 0 Å². The van der Waals surface area contributed by atoms with E-state index in [0.29, 0.717) is 13.1 Å². The van der Waals surface area contributed by atoms with Gasteiger partial charge in [-0.15, -0.1) is 0 Å². The second-order valence-electron chi connectivity index (χ2n) is 5.92. The summed E-state index contributed by atoms with van der Waals surface area (Å²) in [5.74, 6) is -2.06. The summed E-state index contributed by atoms with van der Waals surface area (Å²) in [6.07, 6.45) is 0. The molecule has 0 unspecified atom stereocenters. The summed E-state index contributed by atoms with van der Waals surface area (Å²) >= 11 is 0. The van der Waals surface area contributed by atoms with E-state index in [1.54, 1.807) is 6.92 Å². The smallest absolute Gasteiger partial charge is 0.254 e. The Hall–Kier alpha value is -2.31. The fraction of sp³-hybridized carbons (Fsp3) is 0.278. The fourth-order valence-corrected chi connectivity index (χ4v) is 2.83. The third kappa shape index (κ3) is 3.44. The Bertz CT molecular complexity index is 731. The maximum absolute atomic E-state index is 14.3. The van der Waals surface area contributed by atoms with Crippen LogP contribution in [0.4, 0.5) is 8.78 Å². The van der Waals surface area contributed by atoms with Gasteiger partial charge in [-0.1, -0.05) is 30.3 Å². The number of hydrazine groups is 1. The maximum atomic E-state index is 14.3. The number of benzene rings is 2. The van der Waals surface area contributed by atoms with Gasteiger partial charge in [0, 0.05) is 19.0 Å². The Morgan fingerprint density at radius 2 is 1.79 bits per heavy atom. The van der Waals surface area contributed by atoms with Gasteiger partial charge < -0.3 is 5.32 Å². The molecule has 1 aliphatic heterocycles. The largest absolute Gasteiger partial charge is 0.345 e. The van der Waals surface area contributed by atoms with Gasteiger partial charge >= 0.3 is 0 Å². The normalized spacial score (nSPS) is 16.1. The Morgan fingerprint density at radius 3 is 2.46 bits per heavy atom. The van der Waals surface area contributed by atoms with E-state index in [9.17, 15) is 13.6 Å². The van der Waals surface area contributed by atoms with E-state index in [2.05, 4.69) is 16.2 Å². The molecular weight excluding hydrogens is 312 g/mol.